The summed E-state index contributed by atoms with van der Waals surface area (Å²) < 4.78 is 1.87. The van der Waals surface area contributed by atoms with E-state index in [2.05, 4.69) is 29.0 Å². The molecule has 0 spiro atoms. The van der Waals surface area contributed by atoms with E-state index in [4.69, 9.17) is 5.73 Å². The van der Waals surface area contributed by atoms with Crippen molar-refractivity contribution >= 4 is 5.78 Å². The Hall–Kier alpha value is -1.49. The molecule has 2 heterocycles. The van der Waals surface area contributed by atoms with Gasteiger partial charge in [0, 0.05) is 24.9 Å². The number of imidazole rings is 1. The van der Waals surface area contributed by atoms with Gasteiger partial charge in [-0.15, -0.1) is 5.10 Å². The second-order valence-electron chi connectivity index (χ2n) is 3.97. The Morgan fingerprint density at radius 1 is 1.47 bits per heavy atom. The summed E-state index contributed by atoms with van der Waals surface area (Å²) >= 11 is 0. The van der Waals surface area contributed by atoms with Crippen molar-refractivity contribution < 1.29 is 0 Å². The summed E-state index contributed by atoms with van der Waals surface area (Å²) in [5, 5.41) is 7.73. The molecule has 0 aromatic carbocycles. The zero-order chi connectivity index (χ0) is 10.8. The second-order valence-corrected chi connectivity index (χ2v) is 3.97. The SMILES string of the molecule is CC(C)C(CN)c1cn2ccnnc2n1. The summed E-state index contributed by atoms with van der Waals surface area (Å²) in [6.45, 7) is 4.90. The summed E-state index contributed by atoms with van der Waals surface area (Å²) in [4.78, 5) is 4.41. The summed E-state index contributed by atoms with van der Waals surface area (Å²) in [6, 6.07) is 0. The van der Waals surface area contributed by atoms with Crippen LogP contribution in [0.25, 0.3) is 5.78 Å². The monoisotopic (exact) mass is 205 g/mol. The highest BCUT2D eigenvalue weighted by Gasteiger charge is 2.17. The fourth-order valence-corrected chi connectivity index (χ4v) is 1.69. The third-order valence-corrected chi connectivity index (χ3v) is 2.61. The molecule has 80 valence electrons. The summed E-state index contributed by atoms with van der Waals surface area (Å²) in [6.07, 6.45) is 5.46. The molecule has 0 aliphatic rings. The lowest BCUT2D eigenvalue weighted by Crippen LogP contribution is -2.18. The quantitative estimate of drug-likeness (QED) is 0.805. The molecule has 2 aromatic rings. The number of fused-ring (bicyclic) bond motifs is 1. The molecule has 0 bridgehead atoms. The zero-order valence-corrected chi connectivity index (χ0v) is 8.96. The number of hydrogen-bond donors (Lipinski definition) is 1. The smallest absolute Gasteiger partial charge is 0.253 e. The number of nitrogens with two attached hydrogens (primary N) is 1. The van der Waals surface area contributed by atoms with E-state index in [1.54, 1.807) is 6.20 Å². The minimum absolute atomic E-state index is 0.284. The van der Waals surface area contributed by atoms with Gasteiger partial charge >= 0.3 is 0 Å². The van der Waals surface area contributed by atoms with E-state index in [0.29, 0.717) is 18.2 Å². The highest BCUT2D eigenvalue weighted by atomic mass is 15.2. The van der Waals surface area contributed by atoms with Gasteiger partial charge in [-0.25, -0.2) is 4.98 Å². The van der Waals surface area contributed by atoms with E-state index in [-0.39, 0.29) is 5.92 Å². The normalized spacial score (nSPS) is 13.6. The van der Waals surface area contributed by atoms with Gasteiger partial charge in [-0.1, -0.05) is 13.8 Å². The highest BCUT2D eigenvalue weighted by molar-refractivity contribution is 5.29. The van der Waals surface area contributed by atoms with Crippen LogP contribution in [0.15, 0.2) is 18.6 Å². The molecule has 1 unspecified atom stereocenters. The molecule has 0 saturated carbocycles. The van der Waals surface area contributed by atoms with Gasteiger partial charge in [-0.05, 0) is 5.92 Å². The molecule has 15 heavy (non-hydrogen) atoms. The lowest BCUT2D eigenvalue weighted by molar-refractivity contribution is 0.497. The molecular formula is C10H15N5. The molecule has 0 saturated heterocycles. The highest BCUT2D eigenvalue weighted by Crippen LogP contribution is 2.21. The molecule has 0 aliphatic heterocycles. The fraction of sp³-hybridized carbons (Fsp3) is 0.500. The van der Waals surface area contributed by atoms with E-state index in [9.17, 15) is 0 Å². The van der Waals surface area contributed by atoms with E-state index >= 15 is 0 Å². The van der Waals surface area contributed by atoms with Crippen molar-refractivity contribution in [2.24, 2.45) is 11.7 Å². The van der Waals surface area contributed by atoms with Gasteiger partial charge in [-0.2, -0.15) is 5.10 Å². The Kier molecular flexibility index (Phi) is 2.64. The lowest BCUT2D eigenvalue weighted by Gasteiger charge is -2.15. The fourth-order valence-electron chi connectivity index (χ4n) is 1.69. The predicted octanol–water partition coefficient (Wildman–Crippen LogP) is 0.823. The Labute approximate surface area is 88.3 Å². The van der Waals surface area contributed by atoms with Crippen molar-refractivity contribution in [3.8, 4) is 0 Å². The first-order valence-corrected chi connectivity index (χ1v) is 5.08. The van der Waals surface area contributed by atoms with Crippen molar-refractivity contribution in [1.82, 2.24) is 19.6 Å². The molecule has 5 nitrogen and oxygen atoms in total. The van der Waals surface area contributed by atoms with Crippen LogP contribution in [0.5, 0.6) is 0 Å². The first kappa shape index (κ1) is 10.0. The molecule has 2 N–H and O–H groups in total. The van der Waals surface area contributed by atoms with Crippen LogP contribution in [0.3, 0.4) is 0 Å². The van der Waals surface area contributed by atoms with Crippen molar-refractivity contribution in [2.45, 2.75) is 19.8 Å². The van der Waals surface area contributed by atoms with Crippen LogP contribution in [-0.4, -0.2) is 26.1 Å². The van der Waals surface area contributed by atoms with Crippen LogP contribution in [0, 0.1) is 5.92 Å². The van der Waals surface area contributed by atoms with E-state index < -0.39 is 0 Å². The number of aromatic nitrogens is 4. The Balaban J connectivity index is 2.43. The Morgan fingerprint density at radius 2 is 2.27 bits per heavy atom. The van der Waals surface area contributed by atoms with Gasteiger partial charge in [0.05, 0.1) is 11.9 Å². The number of nitrogens with zero attached hydrogens (tertiary/aromatic N) is 4. The summed E-state index contributed by atoms with van der Waals surface area (Å²) in [5.74, 6) is 1.39. The maximum atomic E-state index is 5.74. The standard InChI is InChI=1S/C10H15N5/c1-7(2)8(5-11)9-6-15-4-3-12-14-10(15)13-9/h3-4,6-8H,5,11H2,1-2H3. The van der Waals surface area contributed by atoms with Crippen molar-refractivity contribution in [3.63, 3.8) is 0 Å². The van der Waals surface area contributed by atoms with Gasteiger partial charge in [0.15, 0.2) is 0 Å². The predicted molar refractivity (Wildman–Crippen MR) is 57.4 cm³/mol. The largest absolute Gasteiger partial charge is 0.330 e. The third kappa shape index (κ3) is 1.83. The molecule has 2 aromatic heterocycles. The Morgan fingerprint density at radius 3 is 2.87 bits per heavy atom. The molecule has 0 aliphatic carbocycles. The Bertz CT molecular complexity index is 415. The topological polar surface area (TPSA) is 69.1 Å². The van der Waals surface area contributed by atoms with Crippen LogP contribution >= 0.6 is 0 Å². The molecule has 0 radical (unpaired) electrons. The van der Waals surface area contributed by atoms with Gasteiger partial charge in [0.25, 0.3) is 5.78 Å². The van der Waals surface area contributed by atoms with Crippen LogP contribution in [-0.2, 0) is 0 Å². The molecule has 1 atom stereocenters. The summed E-state index contributed by atoms with van der Waals surface area (Å²) in [5.41, 5.74) is 6.74. The first-order chi connectivity index (χ1) is 7.22. The van der Waals surface area contributed by atoms with Gasteiger partial charge in [-0.3, -0.25) is 4.40 Å². The maximum absolute atomic E-state index is 5.74. The molecule has 0 fully saturated rings. The van der Waals surface area contributed by atoms with Crippen LogP contribution in [0.1, 0.15) is 25.5 Å². The van der Waals surface area contributed by atoms with Crippen LogP contribution in [0.4, 0.5) is 0 Å². The average Bonchev–Trinajstić information content (AvgIpc) is 2.61. The molecular weight excluding hydrogens is 190 g/mol. The average molecular weight is 205 g/mol. The van der Waals surface area contributed by atoms with E-state index in [1.165, 1.54) is 0 Å². The number of rotatable bonds is 3. The minimum atomic E-state index is 0.284. The number of hydrogen-bond acceptors (Lipinski definition) is 4. The van der Waals surface area contributed by atoms with E-state index in [0.717, 1.165) is 5.69 Å². The minimum Gasteiger partial charge on any atom is -0.330 e. The molecule has 0 amide bonds. The lowest BCUT2D eigenvalue weighted by atomic mass is 9.93. The zero-order valence-electron chi connectivity index (χ0n) is 8.96. The van der Waals surface area contributed by atoms with Gasteiger partial charge < -0.3 is 5.73 Å². The van der Waals surface area contributed by atoms with Gasteiger partial charge in [0.2, 0.25) is 0 Å². The van der Waals surface area contributed by atoms with Crippen LogP contribution in [0.2, 0.25) is 0 Å². The summed E-state index contributed by atoms with van der Waals surface area (Å²) in [7, 11) is 0. The van der Waals surface area contributed by atoms with Crippen LogP contribution < -0.4 is 5.73 Å². The third-order valence-electron chi connectivity index (χ3n) is 2.61. The maximum Gasteiger partial charge on any atom is 0.253 e. The van der Waals surface area contributed by atoms with E-state index in [1.807, 2.05) is 16.8 Å². The molecule has 5 heteroatoms. The molecule has 2 rings (SSSR count). The first-order valence-electron chi connectivity index (χ1n) is 5.08. The van der Waals surface area contributed by atoms with Gasteiger partial charge in [0.1, 0.15) is 0 Å². The second kappa shape index (κ2) is 3.94. The van der Waals surface area contributed by atoms with Crippen molar-refractivity contribution in [1.29, 1.82) is 0 Å². The van der Waals surface area contributed by atoms with Crippen molar-refractivity contribution in [2.75, 3.05) is 6.54 Å². The van der Waals surface area contributed by atoms with Crippen molar-refractivity contribution in [3.05, 3.63) is 24.3 Å².